The van der Waals surface area contributed by atoms with Crippen molar-refractivity contribution in [2.45, 2.75) is 25.3 Å². The average molecular weight is 411 g/mol. The maximum Gasteiger partial charge on any atom is 0.260 e. The molecule has 0 bridgehead atoms. The number of nitrogens with one attached hydrogen (secondary N) is 2. The van der Waals surface area contributed by atoms with E-state index in [1.54, 1.807) is 24.3 Å². The third-order valence-corrected chi connectivity index (χ3v) is 4.79. The molecule has 0 unspecified atom stereocenters. The number of benzene rings is 2. The van der Waals surface area contributed by atoms with Gasteiger partial charge in [-0.3, -0.25) is 4.79 Å². The first-order chi connectivity index (χ1) is 13.4. The van der Waals surface area contributed by atoms with Crippen molar-refractivity contribution < 1.29 is 23.1 Å². The summed E-state index contributed by atoms with van der Waals surface area (Å²) in [6.45, 7) is -0.840. The van der Waals surface area contributed by atoms with Crippen LogP contribution in [0.1, 0.15) is 12.0 Å². The smallest absolute Gasteiger partial charge is 0.260 e. The van der Waals surface area contributed by atoms with Crippen LogP contribution in [0.3, 0.4) is 0 Å². The minimum atomic E-state index is -2.85. The van der Waals surface area contributed by atoms with Gasteiger partial charge in [0.2, 0.25) is 5.91 Å². The van der Waals surface area contributed by atoms with Crippen LogP contribution < -0.4 is 5.32 Å². The molecule has 4 nitrogen and oxygen atoms in total. The van der Waals surface area contributed by atoms with Crippen molar-refractivity contribution in [2.75, 3.05) is 6.61 Å². The molecule has 3 N–H and O–H groups in total. The quantitative estimate of drug-likeness (QED) is 0.543. The molecule has 2 aromatic carbocycles. The Labute approximate surface area is 164 Å². The number of para-hydroxylation sites is 1. The number of halogens is 4. The van der Waals surface area contributed by atoms with E-state index in [9.17, 15) is 18.0 Å². The normalized spacial score (nSPS) is 12.5. The number of hydrogen-bond acceptors (Lipinski definition) is 2. The number of aromatic nitrogens is 1. The van der Waals surface area contributed by atoms with E-state index >= 15 is 0 Å². The molecule has 1 amide bonds. The van der Waals surface area contributed by atoms with Gasteiger partial charge in [0.1, 0.15) is 11.9 Å². The standard InChI is InChI=1S/C20H18ClF3N2O2/c21-15-3-1-2-13-14(8-9-17(28)25-16(10-27)20(23)24)18(26-19(13)15)11-4-6-12(22)7-5-11/h1-7,16,20,26-27H,8-10H2,(H,25,28)/t16-/m0/s1. The Hall–Kier alpha value is -2.51. The largest absolute Gasteiger partial charge is 0.394 e. The number of aliphatic hydroxyl groups is 1. The van der Waals surface area contributed by atoms with Gasteiger partial charge in [0, 0.05) is 17.5 Å². The zero-order valence-corrected chi connectivity index (χ0v) is 15.4. The van der Waals surface area contributed by atoms with Crippen LogP contribution in [0, 0.1) is 5.82 Å². The summed E-state index contributed by atoms with van der Waals surface area (Å²) in [5.41, 5.74) is 2.85. The van der Waals surface area contributed by atoms with Crippen LogP contribution in [0.4, 0.5) is 13.2 Å². The Morgan fingerprint density at radius 1 is 1.18 bits per heavy atom. The Morgan fingerprint density at radius 3 is 2.54 bits per heavy atom. The third kappa shape index (κ3) is 4.31. The van der Waals surface area contributed by atoms with Crippen LogP contribution >= 0.6 is 11.6 Å². The second kappa shape index (κ2) is 8.67. The first-order valence-electron chi connectivity index (χ1n) is 8.64. The van der Waals surface area contributed by atoms with E-state index in [1.807, 2.05) is 6.07 Å². The van der Waals surface area contributed by atoms with Gasteiger partial charge in [-0.1, -0.05) is 23.7 Å². The molecule has 3 rings (SSSR count). The van der Waals surface area contributed by atoms with Crippen molar-refractivity contribution in [1.82, 2.24) is 10.3 Å². The molecule has 3 aromatic rings. The Balaban J connectivity index is 1.91. The van der Waals surface area contributed by atoms with Crippen LogP contribution in [0.25, 0.3) is 22.2 Å². The summed E-state index contributed by atoms with van der Waals surface area (Å²) in [4.78, 5) is 15.3. The number of hydrogen-bond donors (Lipinski definition) is 3. The monoisotopic (exact) mass is 410 g/mol. The van der Waals surface area contributed by atoms with Gasteiger partial charge in [-0.25, -0.2) is 13.2 Å². The summed E-state index contributed by atoms with van der Waals surface area (Å²) in [5, 5.41) is 12.4. The molecule has 0 fully saturated rings. The van der Waals surface area contributed by atoms with Gasteiger partial charge < -0.3 is 15.4 Å². The van der Waals surface area contributed by atoms with E-state index in [1.165, 1.54) is 12.1 Å². The summed E-state index contributed by atoms with van der Waals surface area (Å²) >= 11 is 6.26. The predicted molar refractivity (Wildman–Crippen MR) is 102 cm³/mol. The second-order valence-electron chi connectivity index (χ2n) is 6.34. The van der Waals surface area contributed by atoms with E-state index in [0.717, 1.165) is 10.9 Å². The highest BCUT2D eigenvalue weighted by Gasteiger charge is 2.22. The summed E-state index contributed by atoms with van der Waals surface area (Å²) < 4.78 is 38.7. The van der Waals surface area contributed by atoms with Crippen LogP contribution in [0.2, 0.25) is 5.02 Å². The maximum absolute atomic E-state index is 13.3. The molecule has 0 radical (unpaired) electrons. The van der Waals surface area contributed by atoms with Crippen molar-refractivity contribution in [3.8, 4) is 11.3 Å². The SMILES string of the molecule is O=C(CCc1c(-c2ccc(F)cc2)[nH]c2c(Cl)cccc12)N[C@@H](CO)C(F)F. The molecule has 0 spiro atoms. The Morgan fingerprint density at radius 2 is 1.89 bits per heavy atom. The molecule has 8 heteroatoms. The van der Waals surface area contributed by atoms with Crippen molar-refractivity contribution in [2.24, 2.45) is 0 Å². The number of amides is 1. The number of carbonyl (C=O) groups is 1. The van der Waals surface area contributed by atoms with Crippen molar-refractivity contribution in [1.29, 1.82) is 0 Å². The van der Waals surface area contributed by atoms with Crippen molar-refractivity contribution >= 4 is 28.4 Å². The lowest BCUT2D eigenvalue weighted by Crippen LogP contribution is -2.42. The lowest BCUT2D eigenvalue weighted by Gasteiger charge is -2.15. The molecule has 0 saturated carbocycles. The lowest BCUT2D eigenvalue weighted by molar-refractivity contribution is -0.123. The number of aromatic amines is 1. The Bertz CT molecular complexity index is 973. The van der Waals surface area contributed by atoms with E-state index in [0.29, 0.717) is 21.8 Å². The van der Waals surface area contributed by atoms with Gasteiger partial charge in [0.25, 0.3) is 6.43 Å². The molecule has 0 aliphatic heterocycles. The fourth-order valence-corrected chi connectivity index (χ4v) is 3.29. The van der Waals surface area contributed by atoms with Gasteiger partial charge in [0.15, 0.2) is 0 Å². The number of H-pyrrole nitrogens is 1. The molecule has 148 valence electrons. The molecule has 1 aromatic heterocycles. The highest BCUT2D eigenvalue weighted by atomic mass is 35.5. The summed E-state index contributed by atoms with van der Waals surface area (Å²) in [5.74, 6) is -0.971. The van der Waals surface area contributed by atoms with Crippen molar-refractivity contribution in [3.05, 3.63) is 58.9 Å². The number of fused-ring (bicyclic) bond motifs is 1. The molecular formula is C20H18ClF3N2O2. The van der Waals surface area contributed by atoms with E-state index < -0.39 is 25.0 Å². The van der Waals surface area contributed by atoms with Gasteiger partial charge >= 0.3 is 0 Å². The molecular weight excluding hydrogens is 393 g/mol. The average Bonchev–Trinajstić information content (AvgIpc) is 3.04. The van der Waals surface area contributed by atoms with Gasteiger partial charge in [0.05, 0.1) is 17.1 Å². The predicted octanol–water partition coefficient (Wildman–Crippen LogP) is 4.30. The van der Waals surface area contributed by atoms with Crippen LogP contribution in [-0.4, -0.2) is 35.1 Å². The topological polar surface area (TPSA) is 65.1 Å². The lowest BCUT2D eigenvalue weighted by atomic mass is 10.0. The second-order valence-corrected chi connectivity index (χ2v) is 6.75. The van der Waals surface area contributed by atoms with E-state index in [-0.39, 0.29) is 18.7 Å². The first-order valence-corrected chi connectivity index (χ1v) is 9.02. The van der Waals surface area contributed by atoms with E-state index in [4.69, 9.17) is 16.7 Å². The molecule has 0 saturated heterocycles. The fourth-order valence-electron chi connectivity index (χ4n) is 3.07. The number of carbonyl (C=O) groups excluding carboxylic acids is 1. The maximum atomic E-state index is 13.3. The molecule has 28 heavy (non-hydrogen) atoms. The van der Waals surface area contributed by atoms with Crippen molar-refractivity contribution in [3.63, 3.8) is 0 Å². The Kier molecular flexibility index (Phi) is 6.26. The van der Waals surface area contributed by atoms with Gasteiger partial charge in [-0.15, -0.1) is 0 Å². The molecule has 0 aliphatic carbocycles. The fraction of sp³-hybridized carbons (Fsp3) is 0.250. The zero-order valence-electron chi connectivity index (χ0n) is 14.7. The number of rotatable bonds is 7. The van der Waals surface area contributed by atoms with E-state index in [2.05, 4.69) is 10.3 Å². The summed E-state index contributed by atoms with van der Waals surface area (Å²) in [6.07, 6.45) is -2.66. The number of aliphatic hydroxyl groups excluding tert-OH is 1. The number of alkyl halides is 2. The van der Waals surface area contributed by atoms with Gasteiger partial charge in [-0.2, -0.15) is 0 Å². The third-order valence-electron chi connectivity index (χ3n) is 4.47. The molecule has 1 atom stereocenters. The zero-order chi connectivity index (χ0) is 20.3. The highest BCUT2D eigenvalue weighted by molar-refractivity contribution is 6.35. The minimum absolute atomic E-state index is 0.0586. The van der Waals surface area contributed by atoms with Crippen LogP contribution in [-0.2, 0) is 11.2 Å². The molecule has 1 heterocycles. The molecule has 0 aliphatic rings. The van der Waals surface area contributed by atoms with Crippen LogP contribution in [0.15, 0.2) is 42.5 Å². The first kappa shape index (κ1) is 20.2. The summed E-state index contributed by atoms with van der Waals surface area (Å²) in [7, 11) is 0. The van der Waals surface area contributed by atoms with Crippen LogP contribution in [0.5, 0.6) is 0 Å². The number of aryl methyl sites for hydroxylation is 1. The summed E-state index contributed by atoms with van der Waals surface area (Å²) in [6, 6.07) is 9.61. The minimum Gasteiger partial charge on any atom is -0.394 e. The van der Waals surface area contributed by atoms with Gasteiger partial charge in [-0.05, 0) is 47.9 Å². The highest BCUT2D eigenvalue weighted by Crippen LogP contribution is 2.34.